The molecule has 0 atom stereocenters. The Bertz CT molecular complexity index is 538. The van der Waals surface area contributed by atoms with Crippen LogP contribution in [0.1, 0.15) is 44.7 Å². The molecule has 0 aromatic heterocycles. The van der Waals surface area contributed by atoms with E-state index in [0.29, 0.717) is 24.1 Å². The lowest BCUT2D eigenvalue weighted by atomic mass is 9.98. The normalized spacial score (nSPS) is 10.7. The third-order valence-corrected chi connectivity index (χ3v) is 3.29. The van der Waals surface area contributed by atoms with Crippen LogP contribution in [0.15, 0.2) is 18.2 Å². The number of amides is 1. The lowest BCUT2D eigenvalue weighted by molar-refractivity contribution is -0.150. The van der Waals surface area contributed by atoms with E-state index in [1.807, 2.05) is 39.0 Å². The Labute approximate surface area is 138 Å². The molecule has 0 saturated heterocycles. The number of carbonyl (C=O) groups is 2. The minimum absolute atomic E-state index is 0.210. The monoisotopic (exact) mass is 321 g/mol. The number of hydrogen-bond donors (Lipinski definition) is 1. The zero-order chi connectivity index (χ0) is 17.4. The Morgan fingerprint density at radius 3 is 2.39 bits per heavy atom. The van der Waals surface area contributed by atoms with Gasteiger partial charge in [0.1, 0.15) is 5.75 Å². The highest BCUT2D eigenvalue weighted by Gasteiger charge is 2.10. The van der Waals surface area contributed by atoms with E-state index in [4.69, 9.17) is 9.47 Å². The zero-order valence-electron chi connectivity index (χ0n) is 14.6. The van der Waals surface area contributed by atoms with Crippen LogP contribution in [0.2, 0.25) is 0 Å². The molecule has 0 spiro atoms. The van der Waals surface area contributed by atoms with E-state index >= 15 is 0 Å². The van der Waals surface area contributed by atoms with Crippen LogP contribution in [0, 0.1) is 12.8 Å². The molecular formula is C18H27NO4. The van der Waals surface area contributed by atoms with Gasteiger partial charge >= 0.3 is 5.97 Å². The first-order valence-electron chi connectivity index (χ1n) is 7.95. The minimum atomic E-state index is -0.560. The minimum Gasteiger partial charge on any atom is -0.482 e. The van der Waals surface area contributed by atoms with E-state index in [1.54, 1.807) is 0 Å². The lowest BCUT2D eigenvalue weighted by Crippen LogP contribution is -2.32. The Morgan fingerprint density at radius 1 is 1.13 bits per heavy atom. The van der Waals surface area contributed by atoms with Crippen LogP contribution in [0.25, 0.3) is 0 Å². The van der Waals surface area contributed by atoms with E-state index in [-0.39, 0.29) is 19.1 Å². The number of nitrogens with one attached hydrogen (secondary N) is 1. The van der Waals surface area contributed by atoms with E-state index in [1.165, 1.54) is 5.56 Å². The average Bonchev–Trinajstić information content (AvgIpc) is 2.48. The van der Waals surface area contributed by atoms with Crippen LogP contribution in [-0.2, 0) is 14.3 Å². The highest BCUT2D eigenvalue weighted by Crippen LogP contribution is 2.23. The number of carbonyl (C=O) groups excluding carboxylic acids is 2. The number of ether oxygens (including phenoxy) is 2. The number of rotatable bonds is 8. The summed E-state index contributed by atoms with van der Waals surface area (Å²) in [6.07, 6.45) is 0. The molecule has 1 aromatic rings. The standard InChI is InChI=1S/C18H27NO4/c1-12(2)9-19-17(20)10-23-18(21)11-22-15-6-7-16(13(3)4)14(5)8-15/h6-8,12-13H,9-11H2,1-5H3,(H,19,20). The first kappa shape index (κ1) is 19.0. The highest BCUT2D eigenvalue weighted by atomic mass is 16.6. The summed E-state index contributed by atoms with van der Waals surface area (Å²) in [5.41, 5.74) is 2.38. The Kier molecular flexibility index (Phi) is 7.59. The predicted molar refractivity (Wildman–Crippen MR) is 89.6 cm³/mol. The molecule has 1 aromatic carbocycles. The molecule has 0 aliphatic carbocycles. The number of aryl methyl sites for hydroxylation is 1. The van der Waals surface area contributed by atoms with Gasteiger partial charge in [0.2, 0.25) is 0 Å². The molecule has 0 saturated carbocycles. The van der Waals surface area contributed by atoms with Gasteiger partial charge in [-0.05, 0) is 42.0 Å². The summed E-state index contributed by atoms with van der Waals surface area (Å²) in [6.45, 7) is 10.3. The summed E-state index contributed by atoms with van der Waals surface area (Å²) in [6, 6.07) is 5.74. The fourth-order valence-electron chi connectivity index (χ4n) is 2.08. The van der Waals surface area contributed by atoms with Crippen molar-refractivity contribution < 1.29 is 19.1 Å². The van der Waals surface area contributed by atoms with Gasteiger partial charge in [0.05, 0.1) is 0 Å². The maximum absolute atomic E-state index is 11.6. The van der Waals surface area contributed by atoms with Crippen molar-refractivity contribution >= 4 is 11.9 Å². The van der Waals surface area contributed by atoms with Crippen LogP contribution < -0.4 is 10.1 Å². The van der Waals surface area contributed by atoms with Crippen molar-refractivity contribution in [3.63, 3.8) is 0 Å². The predicted octanol–water partition coefficient (Wildman–Crippen LogP) is 2.81. The highest BCUT2D eigenvalue weighted by molar-refractivity contribution is 5.80. The molecule has 1 rings (SSSR count). The zero-order valence-corrected chi connectivity index (χ0v) is 14.6. The first-order valence-corrected chi connectivity index (χ1v) is 7.95. The van der Waals surface area contributed by atoms with Crippen LogP contribution >= 0.6 is 0 Å². The fourth-order valence-corrected chi connectivity index (χ4v) is 2.08. The summed E-state index contributed by atoms with van der Waals surface area (Å²) in [4.78, 5) is 23.0. The van der Waals surface area contributed by atoms with Gasteiger partial charge in [-0.15, -0.1) is 0 Å². The molecule has 0 heterocycles. The van der Waals surface area contributed by atoms with Gasteiger partial charge in [-0.25, -0.2) is 4.79 Å². The molecule has 5 heteroatoms. The third kappa shape index (κ3) is 7.17. The molecule has 128 valence electrons. The maximum Gasteiger partial charge on any atom is 0.344 e. The van der Waals surface area contributed by atoms with Gasteiger partial charge in [-0.3, -0.25) is 4.79 Å². The van der Waals surface area contributed by atoms with Crippen LogP contribution in [0.4, 0.5) is 0 Å². The topological polar surface area (TPSA) is 64.6 Å². The molecule has 0 aliphatic heterocycles. The number of benzene rings is 1. The van der Waals surface area contributed by atoms with Crippen molar-refractivity contribution in [3.05, 3.63) is 29.3 Å². The average molecular weight is 321 g/mol. The number of esters is 1. The third-order valence-electron chi connectivity index (χ3n) is 3.29. The molecule has 0 unspecified atom stereocenters. The smallest absolute Gasteiger partial charge is 0.344 e. The second-order valence-corrected chi connectivity index (χ2v) is 6.32. The van der Waals surface area contributed by atoms with Gasteiger partial charge in [-0.2, -0.15) is 0 Å². The summed E-state index contributed by atoms with van der Waals surface area (Å²) in [5, 5.41) is 2.68. The van der Waals surface area contributed by atoms with Gasteiger partial charge in [0.15, 0.2) is 13.2 Å². The van der Waals surface area contributed by atoms with Crippen LogP contribution in [0.5, 0.6) is 5.75 Å². The molecule has 23 heavy (non-hydrogen) atoms. The Morgan fingerprint density at radius 2 is 1.83 bits per heavy atom. The SMILES string of the molecule is Cc1cc(OCC(=O)OCC(=O)NCC(C)C)ccc1C(C)C. The second-order valence-electron chi connectivity index (χ2n) is 6.32. The van der Waals surface area contributed by atoms with Crippen molar-refractivity contribution in [1.82, 2.24) is 5.32 Å². The number of hydrogen-bond acceptors (Lipinski definition) is 4. The largest absolute Gasteiger partial charge is 0.482 e. The maximum atomic E-state index is 11.6. The van der Waals surface area contributed by atoms with Crippen molar-refractivity contribution in [2.45, 2.75) is 40.5 Å². The van der Waals surface area contributed by atoms with Crippen molar-refractivity contribution in [3.8, 4) is 5.75 Å². The molecule has 1 amide bonds. The van der Waals surface area contributed by atoms with Crippen molar-refractivity contribution in [1.29, 1.82) is 0 Å². The molecule has 0 fully saturated rings. The molecule has 0 aliphatic rings. The van der Waals surface area contributed by atoms with Crippen molar-refractivity contribution in [2.75, 3.05) is 19.8 Å². The van der Waals surface area contributed by atoms with Crippen LogP contribution in [-0.4, -0.2) is 31.6 Å². The second kappa shape index (κ2) is 9.18. The lowest BCUT2D eigenvalue weighted by Gasteiger charge is -2.12. The summed E-state index contributed by atoms with van der Waals surface area (Å²) in [7, 11) is 0. The molecular weight excluding hydrogens is 294 g/mol. The fraction of sp³-hybridized carbons (Fsp3) is 0.556. The first-order chi connectivity index (χ1) is 10.8. The molecule has 1 N–H and O–H groups in total. The van der Waals surface area contributed by atoms with Crippen molar-refractivity contribution in [2.24, 2.45) is 5.92 Å². The van der Waals surface area contributed by atoms with E-state index in [2.05, 4.69) is 19.2 Å². The van der Waals surface area contributed by atoms with Gasteiger partial charge in [-0.1, -0.05) is 33.8 Å². The molecule has 0 radical (unpaired) electrons. The Hall–Kier alpha value is -2.04. The summed E-state index contributed by atoms with van der Waals surface area (Å²) < 4.78 is 10.3. The van der Waals surface area contributed by atoms with Gasteiger partial charge in [0, 0.05) is 6.54 Å². The molecule has 5 nitrogen and oxygen atoms in total. The van der Waals surface area contributed by atoms with Crippen LogP contribution in [0.3, 0.4) is 0 Å². The van der Waals surface area contributed by atoms with E-state index in [0.717, 1.165) is 5.56 Å². The van der Waals surface area contributed by atoms with E-state index < -0.39 is 5.97 Å². The van der Waals surface area contributed by atoms with Gasteiger partial charge < -0.3 is 14.8 Å². The van der Waals surface area contributed by atoms with Gasteiger partial charge in [0.25, 0.3) is 5.91 Å². The summed E-state index contributed by atoms with van der Waals surface area (Å²) in [5.74, 6) is 0.556. The Balaban J connectivity index is 2.36. The quantitative estimate of drug-likeness (QED) is 0.748. The molecule has 0 bridgehead atoms. The summed E-state index contributed by atoms with van der Waals surface area (Å²) >= 11 is 0. The van der Waals surface area contributed by atoms with E-state index in [9.17, 15) is 9.59 Å².